The molecule has 0 bridgehead atoms. The van der Waals surface area contributed by atoms with Gasteiger partial charge in [-0.2, -0.15) is 0 Å². The predicted octanol–water partition coefficient (Wildman–Crippen LogP) is 3.93. The molecule has 1 aromatic carbocycles. The van der Waals surface area contributed by atoms with Gasteiger partial charge >= 0.3 is 0 Å². The average molecular weight is 365 g/mol. The monoisotopic (exact) mass is 363 g/mol. The predicted molar refractivity (Wildman–Crippen MR) is 80.2 cm³/mol. The smallest absolute Gasteiger partial charge is 0.119 e. The lowest BCUT2D eigenvalue weighted by molar-refractivity contribution is 0.217. The standard InChI is InChI=1S/C13H19Br2NO/c1-2-8-16(9-7-14)10-11-17-13-5-3-12(15)4-6-13/h3-6H,2,7-11H2,1H3. The lowest BCUT2D eigenvalue weighted by atomic mass is 10.3. The van der Waals surface area contributed by atoms with Gasteiger partial charge in [0.05, 0.1) is 0 Å². The second kappa shape index (κ2) is 8.95. The van der Waals surface area contributed by atoms with E-state index in [1.54, 1.807) is 0 Å². The molecule has 1 rings (SSSR count). The molecular weight excluding hydrogens is 346 g/mol. The van der Waals surface area contributed by atoms with E-state index in [0.717, 1.165) is 41.8 Å². The van der Waals surface area contributed by atoms with Gasteiger partial charge in [-0.15, -0.1) is 0 Å². The van der Waals surface area contributed by atoms with Crippen molar-refractivity contribution in [3.8, 4) is 5.75 Å². The highest BCUT2D eigenvalue weighted by Gasteiger charge is 2.02. The Morgan fingerprint density at radius 3 is 2.41 bits per heavy atom. The lowest BCUT2D eigenvalue weighted by Crippen LogP contribution is -2.30. The molecule has 0 amide bonds. The normalized spacial score (nSPS) is 10.8. The number of nitrogens with zero attached hydrogens (tertiary/aromatic N) is 1. The van der Waals surface area contributed by atoms with Crippen molar-refractivity contribution < 1.29 is 4.74 Å². The van der Waals surface area contributed by atoms with E-state index in [2.05, 4.69) is 43.7 Å². The second-order valence-corrected chi connectivity index (χ2v) is 5.54. The molecule has 0 aliphatic carbocycles. The molecule has 4 heteroatoms. The molecule has 96 valence electrons. The van der Waals surface area contributed by atoms with Crippen molar-refractivity contribution >= 4 is 31.9 Å². The molecule has 0 saturated carbocycles. The summed E-state index contributed by atoms with van der Waals surface area (Å²) in [5, 5.41) is 1.02. The van der Waals surface area contributed by atoms with Gasteiger partial charge in [0.25, 0.3) is 0 Å². The maximum Gasteiger partial charge on any atom is 0.119 e. The van der Waals surface area contributed by atoms with Crippen molar-refractivity contribution in [2.45, 2.75) is 13.3 Å². The number of alkyl halides is 1. The molecule has 0 atom stereocenters. The van der Waals surface area contributed by atoms with Gasteiger partial charge in [0.15, 0.2) is 0 Å². The van der Waals surface area contributed by atoms with Crippen molar-refractivity contribution in [1.82, 2.24) is 4.90 Å². The van der Waals surface area contributed by atoms with E-state index >= 15 is 0 Å². The van der Waals surface area contributed by atoms with E-state index in [1.807, 2.05) is 24.3 Å². The topological polar surface area (TPSA) is 12.5 Å². The number of halogens is 2. The average Bonchev–Trinajstić information content (AvgIpc) is 2.32. The molecule has 17 heavy (non-hydrogen) atoms. The molecule has 0 saturated heterocycles. The van der Waals surface area contributed by atoms with Gasteiger partial charge in [-0.3, -0.25) is 4.90 Å². The Labute approximate surface area is 121 Å². The Morgan fingerprint density at radius 1 is 1.12 bits per heavy atom. The first kappa shape index (κ1) is 15.0. The quantitative estimate of drug-likeness (QED) is 0.648. The van der Waals surface area contributed by atoms with Gasteiger partial charge in [-0.1, -0.05) is 38.8 Å². The molecule has 0 aromatic heterocycles. The summed E-state index contributed by atoms with van der Waals surface area (Å²) in [7, 11) is 0. The van der Waals surface area contributed by atoms with Crippen molar-refractivity contribution in [3.05, 3.63) is 28.7 Å². The molecule has 2 nitrogen and oxygen atoms in total. The van der Waals surface area contributed by atoms with Crippen LogP contribution in [0, 0.1) is 0 Å². The molecule has 0 fully saturated rings. The fraction of sp³-hybridized carbons (Fsp3) is 0.538. The first-order valence-electron chi connectivity index (χ1n) is 5.93. The lowest BCUT2D eigenvalue weighted by Gasteiger charge is -2.20. The zero-order valence-corrected chi connectivity index (χ0v) is 13.3. The summed E-state index contributed by atoms with van der Waals surface area (Å²) in [6.45, 7) is 6.15. The maximum absolute atomic E-state index is 5.71. The SMILES string of the molecule is CCCN(CCBr)CCOc1ccc(Br)cc1. The van der Waals surface area contributed by atoms with Crippen LogP contribution in [0.2, 0.25) is 0 Å². The summed E-state index contributed by atoms with van der Waals surface area (Å²) in [4.78, 5) is 2.41. The summed E-state index contributed by atoms with van der Waals surface area (Å²) in [6, 6.07) is 7.96. The second-order valence-electron chi connectivity index (χ2n) is 3.83. The van der Waals surface area contributed by atoms with Crippen LogP contribution in [-0.2, 0) is 0 Å². The summed E-state index contributed by atoms with van der Waals surface area (Å²) < 4.78 is 6.79. The van der Waals surface area contributed by atoms with Crippen LogP contribution in [0.1, 0.15) is 13.3 Å². The van der Waals surface area contributed by atoms with Crippen LogP contribution in [0.4, 0.5) is 0 Å². The zero-order valence-electron chi connectivity index (χ0n) is 10.2. The van der Waals surface area contributed by atoms with Gasteiger partial charge in [0.2, 0.25) is 0 Å². The number of hydrogen-bond acceptors (Lipinski definition) is 2. The number of hydrogen-bond donors (Lipinski definition) is 0. The minimum absolute atomic E-state index is 0.745. The van der Waals surface area contributed by atoms with Crippen molar-refractivity contribution in [2.75, 3.05) is 31.6 Å². The third-order valence-electron chi connectivity index (χ3n) is 2.43. The zero-order chi connectivity index (χ0) is 12.5. The van der Waals surface area contributed by atoms with Crippen LogP contribution >= 0.6 is 31.9 Å². The molecule has 0 heterocycles. The molecular formula is C13H19Br2NO. The number of rotatable bonds is 8. The fourth-order valence-corrected chi connectivity index (χ4v) is 2.36. The van der Waals surface area contributed by atoms with E-state index in [4.69, 9.17) is 4.74 Å². The summed E-state index contributed by atoms with van der Waals surface area (Å²) in [6.07, 6.45) is 1.19. The highest BCUT2D eigenvalue weighted by atomic mass is 79.9. The minimum atomic E-state index is 0.745. The van der Waals surface area contributed by atoms with Crippen LogP contribution in [0.15, 0.2) is 28.7 Å². The molecule has 0 N–H and O–H groups in total. The van der Waals surface area contributed by atoms with Gasteiger partial charge in [-0.25, -0.2) is 0 Å². The summed E-state index contributed by atoms with van der Waals surface area (Å²) in [5.41, 5.74) is 0. The first-order valence-corrected chi connectivity index (χ1v) is 7.84. The van der Waals surface area contributed by atoms with Crippen molar-refractivity contribution in [3.63, 3.8) is 0 Å². The minimum Gasteiger partial charge on any atom is -0.492 e. The summed E-state index contributed by atoms with van der Waals surface area (Å²) in [5.74, 6) is 0.934. The fourth-order valence-electron chi connectivity index (χ4n) is 1.59. The Bertz CT molecular complexity index is 297. The number of benzene rings is 1. The molecule has 0 aliphatic rings. The van der Waals surface area contributed by atoms with Crippen LogP contribution in [0.25, 0.3) is 0 Å². The molecule has 0 radical (unpaired) electrons. The van der Waals surface area contributed by atoms with Gasteiger partial charge in [0, 0.05) is 22.9 Å². The highest BCUT2D eigenvalue weighted by Crippen LogP contribution is 2.15. The van der Waals surface area contributed by atoms with E-state index in [1.165, 1.54) is 6.42 Å². The van der Waals surface area contributed by atoms with Gasteiger partial charge in [0.1, 0.15) is 12.4 Å². The third-order valence-corrected chi connectivity index (χ3v) is 3.31. The Hall–Kier alpha value is -0.0600. The third kappa shape index (κ3) is 6.43. The van der Waals surface area contributed by atoms with Crippen LogP contribution in [-0.4, -0.2) is 36.5 Å². The van der Waals surface area contributed by atoms with E-state index in [-0.39, 0.29) is 0 Å². The van der Waals surface area contributed by atoms with E-state index in [9.17, 15) is 0 Å². The first-order chi connectivity index (χ1) is 8.26. The van der Waals surface area contributed by atoms with Crippen LogP contribution in [0.3, 0.4) is 0 Å². The van der Waals surface area contributed by atoms with Crippen molar-refractivity contribution in [2.24, 2.45) is 0 Å². The maximum atomic E-state index is 5.71. The largest absolute Gasteiger partial charge is 0.492 e. The van der Waals surface area contributed by atoms with Crippen LogP contribution in [0.5, 0.6) is 5.75 Å². The van der Waals surface area contributed by atoms with Gasteiger partial charge < -0.3 is 4.74 Å². The Kier molecular flexibility index (Phi) is 7.90. The molecule has 0 aliphatic heterocycles. The number of ether oxygens (including phenoxy) is 1. The molecule has 0 spiro atoms. The van der Waals surface area contributed by atoms with E-state index in [0.29, 0.717) is 0 Å². The summed E-state index contributed by atoms with van der Waals surface area (Å²) >= 11 is 6.89. The van der Waals surface area contributed by atoms with E-state index < -0.39 is 0 Å². The van der Waals surface area contributed by atoms with Gasteiger partial charge in [-0.05, 0) is 37.2 Å². The van der Waals surface area contributed by atoms with Crippen LogP contribution < -0.4 is 4.74 Å². The Morgan fingerprint density at radius 2 is 1.82 bits per heavy atom. The molecule has 0 unspecified atom stereocenters. The highest BCUT2D eigenvalue weighted by molar-refractivity contribution is 9.10. The Balaban J connectivity index is 2.27. The molecule has 1 aromatic rings. The van der Waals surface area contributed by atoms with Crippen molar-refractivity contribution in [1.29, 1.82) is 0 Å².